The van der Waals surface area contributed by atoms with E-state index in [1.165, 1.54) is 34.4 Å². The Labute approximate surface area is 178 Å². The third kappa shape index (κ3) is 3.04. The van der Waals surface area contributed by atoms with Gasteiger partial charge in [0.1, 0.15) is 11.6 Å². The van der Waals surface area contributed by atoms with Crippen LogP contribution < -0.4 is 5.32 Å². The van der Waals surface area contributed by atoms with Gasteiger partial charge < -0.3 is 10.3 Å². The van der Waals surface area contributed by atoms with Crippen molar-refractivity contribution in [3.05, 3.63) is 77.6 Å². The highest BCUT2D eigenvalue weighted by Crippen LogP contribution is 2.31. The second kappa shape index (κ2) is 6.91. The Morgan fingerprint density at radius 2 is 2.06 bits per heavy atom. The highest BCUT2D eigenvalue weighted by Gasteiger charge is 2.23. The molecule has 0 radical (unpaired) electrons. The van der Waals surface area contributed by atoms with Gasteiger partial charge in [-0.1, -0.05) is 18.2 Å². The summed E-state index contributed by atoms with van der Waals surface area (Å²) in [5.74, 6) is 0.476. The lowest BCUT2D eigenvalue weighted by molar-refractivity contribution is 0.603. The zero-order valence-corrected chi connectivity index (χ0v) is 17.1. The average Bonchev–Trinajstić information content (AvgIpc) is 3.34. The van der Waals surface area contributed by atoms with Crippen molar-refractivity contribution in [2.45, 2.75) is 32.2 Å². The molecule has 1 aromatic carbocycles. The molecular formula is C24H21FN6. The van der Waals surface area contributed by atoms with Crippen molar-refractivity contribution in [1.29, 1.82) is 0 Å². The van der Waals surface area contributed by atoms with Gasteiger partial charge in [-0.15, -0.1) is 0 Å². The number of aromatic nitrogens is 5. The minimum Gasteiger partial charge on any atom is -0.367 e. The number of nitrogens with one attached hydrogen (secondary N) is 2. The van der Waals surface area contributed by atoms with Crippen molar-refractivity contribution in [3.8, 4) is 11.3 Å². The third-order valence-corrected chi connectivity index (χ3v) is 6.10. The second-order valence-corrected chi connectivity index (χ2v) is 8.19. The van der Waals surface area contributed by atoms with E-state index in [1.807, 2.05) is 17.5 Å². The van der Waals surface area contributed by atoms with Crippen LogP contribution in [0.1, 0.15) is 23.2 Å². The first-order valence-corrected chi connectivity index (χ1v) is 10.5. The molecule has 4 aromatic heterocycles. The maximum atomic E-state index is 13.8. The first-order chi connectivity index (χ1) is 15.2. The molecule has 0 spiro atoms. The molecule has 1 aliphatic rings. The minimum atomic E-state index is -0.377. The molecule has 1 aliphatic carbocycles. The fraction of sp³-hybridized carbons (Fsp3) is 0.208. The van der Waals surface area contributed by atoms with Gasteiger partial charge in [0.05, 0.1) is 18.1 Å². The molecule has 0 bridgehead atoms. The molecule has 6 rings (SSSR count). The molecule has 154 valence electrons. The number of H-pyrrole nitrogens is 1. The van der Waals surface area contributed by atoms with Crippen LogP contribution in [0.3, 0.4) is 0 Å². The molecule has 4 heterocycles. The Hall–Kier alpha value is -3.74. The summed E-state index contributed by atoms with van der Waals surface area (Å²) in [5.41, 5.74) is 6.96. The van der Waals surface area contributed by atoms with E-state index in [0.717, 1.165) is 36.3 Å². The van der Waals surface area contributed by atoms with E-state index in [0.29, 0.717) is 11.3 Å². The molecule has 0 fully saturated rings. The standard InChI is InChI=1S/C24H21FN6/c1-14-11-27-31-23(10-22(30-24(14)31)15-8-16(25)13-26-12-15)28-17-6-7-21-19(9-17)18-4-2-3-5-20(18)29-21/h2-5,8,10-13,17,28-29H,6-7,9H2,1H3/t17-/m1/s1. The van der Waals surface area contributed by atoms with Crippen LogP contribution in [0.25, 0.3) is 27.8 Å². The number of aryl methyl sites for hydroxylation is 2. The van der Waals surface area contributed by atoms with Crippen molar-refractivity contribution in [1.82, 2.24) is 24.6 Å². The van der Waals surface area contributed by atoms with Crippen molar-refractivity contribution in [3.63, 3.8) is 0 Å². The van der Waals surface area contributed by atoms with Crippen LogP contribution >= 0.6 is 0 Å². The molecule has 0 saturated heterocycles. The number of hydrogen-bond acceptors (Lipinski definition) is 4. The SMILES string of the molecule is Cc1cnn2c(N[C@@H]3CCc4[nH]c5ccccc5c4C3)cc(-c3cncc(F)c3)nc12. The van der Waals surface area contributed by atoms with E-state index in [4.69, 9.17) is 4.98 Å². The Bertz CT molecular complexity index is 1430. The maximum absolute atomic E-state index is 13.8. The number of rotatable bonds is 3. The summed E-state index contributed by atoms with van der Waals surface area (Å²) in [4.78, 5) is 12.3. The van der Waals surface area contributed by atoms with E-state index in [1.54, 1.807) is 12.4 Å². The predicted octanol–water partition coefficient (Wildman–Crippen LogP) is 4.69. The normalized spacial score (nSPS) is 16.0. The number of anilines is 1. The van der Waals surface area contributed by atoms with Gasteiger partial charge in [-0.05, 0) is 43.9 Å². The molecule has 0 aliphatic heterocycles. The Balaban J connectivity index is 1.39. The van der Waals surface area contributed by atoms with Crippen LogP contribution in [-0.4, -0.2) is 30.6 Å². The Morgan fingerprint density at radius 1 is 1.16 bits per heavy atom. The van der Waals surface area contributed by atoms with E-state index in [2.05, 4.69) is 44.6 Å². The minimum absolute atomic E-state index is 0.264. The highest BCUT2D eigenvalue weighted by molar-refractivity contribution is 5.85. The van der Waals surface area contributed by atoms with Crippen molar-refractivity contribution >= 4 is 22.4 Å². The van der Waals surface area contributed by atoms with Gasteiger partial charge in [-0.2, -0.15) is 9.61 Å². The maximum Gasteiger partial charge on any atom is 0.160 e. The van der Waals surface area contributed by atoms with Crippen molar-refractivity contribution in [2.24, 2.45) is 0 Å². The summed E-state index contributed by atoms with van der Waals surface area (Å²) in [6.45, 7) is 1.98. The number of hydrogen-bond donors (Lipinski definition) is 2. The van der Waals surface area contributed by atoms with Crippen LogP contribution in [0.4, 0.5) is 10.2 Å². The highest BCUT2D eigenvalue weighted by atomic mass is 19.1. The number of fused-ring (bicyclic) bond motifs is 4. The Morgan fingerprint density at radius 3 is 2.97 bits per heavy atom. The third-order valence-electron chi connectivity index (χ3n) is 6.10. The van der Waals surface area contributed by atoms with Crippen LogP contribution in [0.5, 0.6) is 0 Å². The van der Waals surface area contributed by atoms with E-state index in [-0.39, 0.29) is 11.9 Å². The number of nitrogens with zero attached hydrogens (tertiary/aromatic N) is 4. The molecule has 1 atom stereocenters. The summed E-state index contributed by atoms with van der Waals surface area (Å²) in [5, 5.41) is 9.50. The molecule has 0 saturated carbocycles. The largest absolute Gasteiger partial charge is 0.367 e. The second-order valence-electron chi connectivity index (χ2n) is 8.19. The Kier molecular flexibility index (Phi) is 4.02. The number of halogens is 1. The lowest BCUT2D eigenvalue weighted by atomic mass is 9.91. The summed E-state index contributed by atoms with van der Waals surface area (Å²) >= 11 is 0. The number of pyridine rings is 1. The van der Waals surface area contributed by atoms with Gasteiger partial charge in [0.2, 0.25) is 0 Å². The summed E-state index contributed by atoms with van der Waals surface area (Å²) in [6.07, 6.45) is 7.58. The molecule has 2 N–H and O–H groups in total. The molecule has 6 nitrogen and oxygen atoms in total. The average molecular weight is 412 g/mol. The van der Waals surface area contributed by atoms with E-state index < -0.39 is 0 Å². The van der Waals surface area contributed by atoms with Gasteiger partial charge in [0, 0.05) is 46.0 Å². The van der Waals surface area contributed by atoms with Gasteiger partial charge in [-0.25, -0.2) is 9.37 Å². The van der Waals surface area contributed by atoms with Gasteiger partial charge in [0.15, 0.2) is 5.65 Å². The summed E-state index contributed by atoms with van der Waals surface area (Å²) in [7, 11) is 0. The van der Waals surface area contributed by atoms with Crippen molar-refractivity contribution in [2.75, 3.05) is 5.32 Å². The van der Waals surface area contributed by atoms with E-state index in [9.17, 15) is 4.39 Å². The first-order valence-electron chi connectivity index (χ1n) is 10.5. The number of benzene rings is 1. The predicted molar refractivity (Wildman–Crippen MR) is 119 cm³/mol. The molecule has 5 aromatic rings. The smallest absolute Gasteiger partial charge is 0.160 e. The molecule has 7 heteroatoms. The van der Waals surface area contributed by atoms with Crippen LogP contribution in [0.15, 0.2) is 55.0 Å². The zero-order chi connectivity index (χ0) is 20.9. The van der Waals surface area contributed by atoms with Crippen LogP contribution in [-0.2, 0) is 12.8 Å². The quantitative estimate of drug-likeness (QED) is 0.451. The molecule has 0 unspecified atom stereocenters. The lowest BCUT2D eigenvalue weighted by Crippen LogP contribution is -2.28. The number of para-hydroxylation sites is 1. The molecular weight excluding hydrogens is 391 g/mol. The lowest BCUT2D eigenvalue weighted by Gasteiger charge is -2.25. The molecule has 0 amide bonds. The topological polar surface area (TPSA) is 70.9 Å². The van der Waals surface area contributed by atoms with Gasteiger partial charge in [0.25, 0.3) is 0 Å². The van der Waals surface area contributed by atoms with E-state index >= 15 is 0 Å². The van der Waals surface area contributed by atoms with Crippen molar-refractivity contribution < 1.29 is 4.39 Å². The fourth-order valence-electron chi connectivity index (χ4n) is 4.58. The fourth-order valence-corrected chi connectivity index (χ4v) is 4.58. The van der Waals surface area contributed by atoms with Gasteiger partial charge >= 0.3 is 0 Å². The number of aromatic amines is 1. The zero-order valence-electron chi connectivity index (χ0n) is 17.1. The molecule has 31 heavy (non-hydrogen) atoms. The van der Waals surface area contributed by atoms with Crippen LogP contribution in [0, 0.1) is 12.7 Å². The van der Waals surface area contributed by atoms with Gasteiger partial charge in [-0.3, -0.25) is 4.98 Å². The first kappa shape index (κ1) is 18.1. The van der Waals surface area contributed by atoms with Crippen LogP contribution in [0.2, 0.25) is 0 Å². The summed E-state index contributed by atoms with van der Waals surface area (Å²) in [6, 6.07) is 12.1. The monoisotopic (exact) mass is 412 g/mol. The summed E-state index contributed by atoms with van der Waals surface area (Å²) < 4.78 is 15.6.